The summed E-state index contributed by atoms with van der Waals surface area (Å²) in [6.45, 7) is 2.39. The van der Waals surface area contributed by atoms with E-state index >= 15 is 0 Å². The molecule has 1 heterocycles. The number of nitrogens with zero attached hydrogens (tertiary/aromatic N) is 1. The normalized spacial score (nSPS) is 20.8. The molecule has 1 unspecified atom stereocenters. The van der Waals surface area contributed by atoms with Crippen molar-refractivity contribution in [2.24, 2.45) is 5.92 Å². The van der Waals surface area contributed by atoms with E-state index < -0.39 is 10.0 Å². The summed E-state index contributed by atoms with van der Waals surface area (Å²) in [5.41, 5.74) is 5.89. The smallest absolute Gasteiger partial charge is 0.240 e. The van der Waals surface area contributed by atoms with Crippen molar-refractivity contribution in [1.29, 1.82) is 0 Å². The Bertz CT molecular complexity index is 562. The molecule has 7 heteroatoms. The summed E-state index contributed by atoms with van der Waals surface area (Å²) in [5.74, 6) is 0.365. The number of likely N-dealkylation sites (tertiary alicyclic amines) is 1. The molecule has 0 amide bonds. The van der Waals surface area contributed by atoms with Gasteiger partial charge in [-0.25, -0.2) is 13.1 Å². The van der Waals surface area contributed by atoms with Crippen LogP contribution < -0.4 is 10.5 Å². The number of hydrogen-bond acceptors (Lipinski definition) is 4. The molecule has 0 bridgehead atoms. The third-order valence-electron chi connectivity index (χ3n) is 3.33. The fourth-order valence-corrected chi connectivity index (χ4v) is 3.46. The lowest BCUT2D eigenvalue weighted by Gasteiger charge is -2.12. The molecule has 3 N–H and O–H groups in total. The molecule has 1 aliphatic heterocycles. The molecule has 2 rings (SSSR count). The average Bonchev–Trinajstić information content (AvgIpc) is 2.76. The highest BCUT2D eigenvalue weighted by molar-refractivity contribution is 7.89. The molecule has 0 saturated carbocycles. The van der Waals surface area contributed by atoms with Gasteiger partial charge in [0, 0.05) is 13.1 Å². The Kier molecular flexibility index (Phi) is 4.35. The first-order valence-electron chi connectivity index (χ1n) is 6.12. The fraction of sp³-hybridized carbons (Fsp3) is 0.500. The van der Waals surface area contributed by atoms with Crippen molar-refractivity contribution in [3.8, 4) is 0 Å². The molecule has 5 nitrogen and oxygen atoms in total. The van der Waals surface area contributed by atoms with Gasteiger partial charge in [-0.1, -0.05) is 11.6 Å². The largest absolute Gasteiger partial charge is 0.397 e. The van der Waals surface area contributed by atoms with Gasteiger partial charge < -0.3 is 10.6 Å². The van der Waals surface area contributed by atoms with Gasteiger partial charge in [0.1, 0.15) is 0 Å². The maximum atomic E-state index is 12.1. The van der Waals surface area contributed by atoms with E-state index in [1.807, 2.05) is 7.05 Å². The zero-order valence-electron chi connectivity index (χ0n) is 10.8. The number of anilines is 1. The van der Waals surface area contributed by atoms with Gasteiger partial charge in [0.15, 0.2) is 0 Å². The van der Waals surface area contributed by atoms with Crippen LogP contribution in [0.1, 0.15) is 6.42 Å². The molecule has 0 aliphatic carbocycles. The van der Waals surface area contributed by atoms with Crippen LogP contribution in [0.4, 0.5) is 5.69 Å². The van der Waals surface area contributed by atoms with Gasteiger partial charge >= 0.3 is 0 Å². The summed E-state index contributed by atoms with van der Waals surface area (Å²) in [6.07, 6.45) is 1.02. The number of benzene rings is 1. The second kappa shape index (κ2) is 5.66. The van der Waals surface area contributed by atoms with E-state index in [9.17, 15) is 8.42 Å². The molecule has 1 fully saturated rings. The highest BCUT2D eigenvalue weighted by Gasteiger charge is 2.22. The Morgan fingerprint density at radius 3 is 2.84 bits per heavy atom. The van der Waals surface area contributed by atoms with Crippen LogP contribution in [0, 0.1) is 5.92 Å². The van der Waals surface area contributed by atoms with E-state index in [1.165, 1.54) is 18.2 Å². The van der Waals surface area contributed by atoms with Crippen molar-refractivity contribution in [2.75, 3.05) is 32.4 Å². The van der Waals surface area contributed by atoms with E-state index in [1.54, 1.807) is 0 Å². The van der Waals surface area contributed by atoms with Crippen LogP contribution in [-0.4, -0.2) is 40.0 Å². The first-order valence-corrected chi connectivity index (χ1v) is 7.98. The second-order valence-electron chi connectivity index (χ2n) is 4.95. The molecule has 1 aromatic carbocycles. The van der Waals surface area contributed by atoms with Crippen molar-refractivity contribution in [3.05, 3.63) is 23.2 Å². The Balaban J connectivity index is 2.03. The molecular formula is C12H18ClN3O2S. The third kappa shape index (κ3) is 3.60. The van der Waals surface area contributed by atoms with Crippen molar-refractivity contribution in [2.45, 2.75) is 11.3 Å². The molecule has 1 saturated heterocycles. The first-order chi connectivity index (χ1) is 8.88. The van der Waals surface area contributed by atoms with Crippen molar-refractivity contribution in [3.63, 3.8) is 0 Å². The van der Waals surface area contributed by atoms with Gasteiger partial charge in [0.05, 0.1) is 15.6 Å². The van der Waals surface area contributed by atoms with E-state index in [2.05, 4.69) is 9.62 Å². The molecule has 0 radical (unpaired) electrons. The molecule has 1 aromatic rings. The number of hydrogen-bond donors (Lipinski definition) is 2. The lowest BCUT2D eigenvalue weighted by Crippen LogP contribution is -2.30. The predicted molar refractivity (Wildman–Crippen MR) is 76.7 cm³/mol. The Morgan fingerprint density at radius 2 is 2.26 bits per heavy atom. The molecule has 1 atom stereocenters. The van der Waals surface area contributed by atoms with Gasteiger partial charge in [-0.2, -0.15) is 0 Å². The minimum atomic E-state index is -3.51. The fourth-order valence-electron chi connectivity index (χ4n) is 2.19. The van der Waals surface area contributed by atoms with Gasteiger partial charge in [-0.3, -0.25) is 0 Å². The van der Waals surface area contributed by atoms with Crippen LogP contribution in [0.2, 0.25) is 5.02 Å². The van der Waals surface area contributed by atoms with Crippen LogP contribution in [-0.2, 0) is 10.0 Å². The molecule has 19 heavy (non-hydrogen) atoms. The number of rotatable bonds is 4. The van der Waals surface area contributed by atoms with Gasteiger partial charge in [0.25, 0.3) is 0 Å². The summed E-state index contributed by atoms with van der Waals surface area (Å²) >= 11 is 5.78. The Morgan fingerprint density at radius 1 is 1.53 bits per heavy atom. The van der Waals surface area contributed by atoms with Crippen molar-refractivity contribution < 1.29 is 8.42 Å². The predicted octanol–water partition coefficient (Wildman–Crippen LogP) is 1.15. The summed E-state index contributed by atoms with van der Waals surface area (Å²) in [7, 11) is -1.48. The second-order valence-corrected chi connectivity index (χ2v) is 7.13. The van der Waals surface area contributed by atoms with Crippen molar-refractivity contribution >= 4 is 27.3 Å². The molecule has 1 aliphatic rings. The van der Waals surface area contributed by atoms with Crippen LogP contribution in [0.5, 0.6) is 0 Å². The standard InChI is InChI=1S/C12H18ClN3O2S/c1-16-5-4-9(8-16)7-15-19(17,18)10-2-3-11(13)12(14)6-10/h2-3,6,9,15H,4-5,7-8,14H2,1H3. The van der Waals surface area contributed by atoms with Gasteiger partial charge in [-0.05, 0) is 44.1 Å². The highest BCUT2D eigenvalue weighted by Crippen LogP contribution is 2.22. The number of nitrogens with two attached hydrogens (primary N) is 1. The van der Waals surface area contributed by atoms with E-state index in [-0.39, 0.29) is 10.6 Å². The van der Waals surface area contributed by atoms with E-state index in [0.29, 0.717) is 17.5 Å². The molecule has 106 valence electrons. The van der Waals surface area contributed by atoms with Gasteiger partial charge in [0.2, 0.25) is 10.0 Å². The Labute approximate surface area is 118 Å². The molecular weight excluding hydrogens is 286 g/mol. The number of sulfonamides is 1. The lowest BCUT2D eigenvalue weighted by molar-refractivity contribution is 0.394. The number of nitrogens with one attached hydrogen (secondary N) is 1. The summed E-state index contributed by atoms with van der Waals surface area (Å²) in [4.78, 5) is 2.35. The maximum Gasteiger partial charge on any atom is 0.240 e. The zero-order chi connectivity index (χ0) is 14.0. The Hall–Kier alpha value is -0.820. The molecule has 0 aromatic heterocycles. The molecule has 0 spiro atoms. The van der Waals surface area contributed by atoms with Gasteiger partial charge in [-0.15, -0.1) is 0 Å². The topological polar surface area (TPSA) is 75.4 Å². The van der Waals surface area contributed by atoms with E-state index in [4.69, 9.17) is 17.3 Å². The number of nitrogen functional groups attached to an aromatic ring is 1. The highest BCUT2D eigenvalue weighted by atomic mass is 35.5. The maximum absolute atomic E-state index is 12.1. The van der Waals surface area contributed by atoms with Crippen molar-refractivity contribution in [1.82, 2.24) is 9.62 Å². The summed E-state index contributed by atoms with van der Waals surface area (Å²) in [6, 6.07) is 4.34. The SMILES string of the molecule is CN1CCC(CNS(=O)(=O)c2ccc(Cl)c(N)c2)C1. The summed E-state index contributed by atoms with van der Waals surface area (Å²) < 4.78 is 26.9. The van der Waals surface area contributed by atoms with E-state index in [0.717, 1.165) is 19.5 Å². The minimum Gasteiger partial charge on any atom is -0.397 e. The van der Waals surface area contributed by atoms with Crippen LogP contribution in [0.25, 0.3) is 0 Å². The third-order valence-corrected chi connectivity index (χ3v) is 5.09. The lowest BCUT2D eigenvalue weighted by atomic mass is 10.1. The minimum absolute atomic E-state index is 0.153. The number of halogens is 1. The monoisotopic (exact) mass is 303 g/mol. The van der Waals surface area contributed by atoms with Crippen LogP contribution in [0.15, 0.2) is 23.1 Å². The zero-order valence-corrected chi connectivity index (χ0v) is 12.3. The first kappa shape index (κ1) is 14.6. The average molecular weight is 304 g/mol. The quantitative estimate of drug-likeness (QED) is 0.818. The summed E-state index contributed by atoms with van der Waals surface area (Å²) in [5, 5.41) is 0.358. The van der Waals surface area contributed by atoms with Crippen LogP contribution >= 0.6 is 11.6 Å². The van der Waals surface area contributed by atoms with Crippen LogP contribution in [0.3, 0.4) is 0 Å².